The van der Waals surface area contributed by atoms with E-state index < -0.39 is 0 Å². The minimum Gasteiger partial charge on any atom is -0.383 e. The van der Waals surface area contributed by atoms with Crippen LogP contribution in [-0.2, 0) is 9.53 Å². The van der Waals surface area contributed by atoms with Gasteiger partial charge < -0.3 is 15.0 Å². The number of nitrogens with one attached hydrogen (secondary N) is 2. The van der Waals surface area contributed by atoms with Crippen molar-refractivity contribution in [3.63, 3.8) is 0 Å². The molecule has 0 unspecified atom stereocenters. The van der Waals surface area contributed by atoms with E-state index >= 15 is 0 Å². The number of carbonyl (C=O) groups is 2. The second-order valence-electron chi connectivity index (χ2n) is 10.1. The smallest absolute Gasteiger partial charge is 0.251 e. The summed E-state index contributed by atoms with van der Waals surface area (Å²) in [6, 6.07) is 9.57. The highest BCUT2D eigenvalue weighted by molar-refractivity contribution is 6.36. The molecule has 0 saturated carbocycles. The maximum atomic E-state index is 12.6. The van der Waals surface area contributed by atoms with Gasteiger partial charge in [-0.3, -0.25) is 19.4 Å². The Morgan fingerprint density at radius 2 is 1.93 bits per heavy atom. The number of hydrogen-bond acceptors (Lipinski definition) is 5. The maximum Gasteiger partial charge on any atom is 0.251 e. The number of benzene rings is 2. The average molecular weight is 561 g/mol. The lowest BCUT2D eigenvalue weighted by molar-refractivity contribution is -0.127. The maximum absolute atomic E-state index is 12.6. The molecule has 1 aliphatic rings. The van der Waals surface area contributed by atoms with E-state index in [0.29, 0.717) is 36.8 Å². The molecule has 1 fully saturated rings. The molecule has 0 bridgehead atoms. The fourth-order valence-corrected chi connectivity index (χ4v) is 5.68. The summed E-state index contributed by atoms with van der Waals surface area (Å²) in [7, 11) is 1.60. The van der Waals surface area contributed by atoms with Crippen LogP contribution in [0.2, 0.25) is 5.02 Å². The molecule has 40 heavy (non-hydrogen) atoms. The van der Waals surface area contributed by atoms with Crippen LogP contribution in [0.25, 0.3) is 33.3 Å². The number of piperidine rings is 1. The van der Waals surface area contributed by atoms with Crippen molar-refractivity contribution in [3.8, 4) is 22.4 Å². The van der Waals surface area contributed by atoms with Gasteiger partial charge in [-0.1, -0.05) is 30.3 Å². The number of fused-ring (bicyclic) bond motifs is 1. The van der Waals surface area contributed by atoms with Gasteiger partial charge in [-0.15, -0.1) is 0 Å². The first-order valence-corrected chi connectivity index (χ1v) is 13.7. The molecule has 208 valence electrons. The van der Waals surface area contributed by atoms with Crippen molar-refractivity contribution in [1.82, 2.24) is 30.2 Å². The summed E-state index contributed by atoms with van der Waals surface area (Å²) in [6.07, 6.45) is 4.73. The zero-order valence-electron chi connectivity index (χ0n) is 23.0. The summed E-state index contributed by atoms with van der Waals surface area (Å²) in [6.45, 7) is 9.84. The molecule has 3 heterocycles. The predicted molar refractivity (Wildman–Crippen MR) is 156 cm³/mol. The Kier molecular flexibility index (Phi) is 8.04. The largest absolute Gasteiger partial charge is 0.383 e. The van der Waals surface area contributed by atoms with Crippen LogP contribution in [0.3, 0.4) is 0 Å². The SMILES string of the molecule is C=CC(=O)N1CCC(n2nc(-c3ccc(C(=O)NCCOC)cc3)c(-c3c(Cl)c(C)cc4[nH]ncc34)c2C)CC1. The molecular formula is C30H33ClN6O3. The number of likely N-dealkylation sites (tertiary alicyclic amines) is 1. The van der Waals surface area contributed by atoms with Gasteiger partial charge in [0.05, 0.1) is 29.4 Å². The molecule has 2 N–H and O–H groups in total. The van der Waals surface area contributed by atoms with Crippen LogP contribution in [0.1, 0.15) is 40.5 Å². The number of methoxy groups -OCH3 is 1. The quantitative estimate of drug-likeness (QED) is 0.231. The molecule has 0 radical (unpaired) electrons. The topological polar surface area (TPSA) is 105 Å². The monoisotopic (exact) mass is 560 g/mol. The van der Waals surface area contributed by atoms with Gasteiger partial charge in [0.1, 0.15) is 5.69 Å². The fourth-order valence-electron chi connectivity index (χ4n) is 5.43. The summed E-state index contributed by atoms with van der Waals surface area (Å²) in [5.41, 5.74) is 6.84. The Hall–Kier alpha value is -3.95. The number of rotatable bonds is 8. The van der Waals surface area contributed by atoms with Gasteiger partial charge in [0, 0.05) is 60.1 Å². The van der Waals surface area contributed by atoms with E-state index in [9.17, 15) is 9.59 Å². The predicted octanol–water partition coefficient (Wildman–Crippen LogP) is 5.09. The third kappa shape index (κ3) is 5.14. The highest BCUT2D eigenvalue weighted by Gasteiger charge is 2.29. The van der Waals surface area contributed by atoms with E-state index in [0.717, 1.165) is 57.4 Å². The number of aryl methyl sites for hydroxylation is 1. The third-order valence-electron chi connectivity index (χ3n) is 7.57. The van der Waals surface area contributed by atoms with Crippen molar-refractivity contribution in [2.45, 2.75) is 32.7 Å². The zero-order valence-corrected chi connectivity index (χ0v) is 23.7. The molecule has 0 aliphatic carbocycles. The van der Waals surface area contributed by atoms with Gasteiger partial charge in [-0.05, 0) is 56.5 Å². The number of aromatic amines is 1. The lowest BCUT2D eigenvalue weighted by Gasteiger charge is -2.32. The first kappa shape index (κ1) is 27.6. The van der Waals surface area contributed by atoms with E-state index in [4.69, 9.17) is 21.4 Å². The van der Waals surface area contributed by atoms with Crippen LogP contribution in [0.5, 0.6) is 0 Å². The fraction of sp³-hybridized carbons (Fsp3) is 0.333. The van der Waals surface area contributed by atoms with E-state index in [1.807, 2.05) is 30.0 Å². The van der Waals surface area contributed by atoms with Crippen molar-refractivity contribution >= 4 is 34.3 Å². The average Bonchev–Trinajstić information content (AvgIpc) is 3.57. The third-order valence-corrected chi connectivity index (χ3v) is 8.06. The van der Waals surface area contributed by atoms with Crippen LogP contribution in [0, 0.1) is 13.8 Å². The molecule has 1 saturated heterocycles. The first-order valence-electron chi connectivity index (χ1n) is 13.3. The molecule has 1 aliphatic heterocycles. The van der Waals surface area contributed by atoms with Gasteiger partial charge in [-0.25, -0.2) is 0 Å². The van der Waals surface area contributed by atoms with Crippen LogP contribution in [-0.4, -0.2) is 70.0 Å². The molecule has 2 amide bonds. The Morgan fingerprint density at radius 3 is 2.60 bits per heavy atom. The number of hydrogen-bond donors (Lipinski definition) is 2. The second kappa shape index (κ2) is 11.7. The number of amides is 2. The molecule has 0 spiro atoms. The number of H-pyrrole nitrogens is 1. The molecule has 2 aromatic carbocycles. The number of ether oxygens (including phenoxy) is 1. The van der Waals surface area contributed by atoms with Gasteiger partial charge in [-0.2, -0.15) is 10.2 Å². The first-order chi connectivity index (χ1) is 19.3. The second-order valence-corrected chi connectivity index (χ2v) is 10.4. The lowest BCUT2D eigenvalue weighted by Crippen LogP contribution is -2.38. The Morgan fingerprint density at radius 1 is 1.20 bits per heavy atom. The molecular weight excluding hydrogens is 528 g/mol. The van der Waals surface area contributed by atoms with E-state index in [2.05, 4.69) is 33.7 Å². The van der Waals surface area contributed by atoms with Crippen molar-refractivity contribution < 1.29 is 14.3 Å². The van der Waals surface area contributed by atoms with Crippen LogP contribution in [0.15, 0.2) is 49.2 Å². The number of carbonyl (C=O) groups excluding carboxylic acids is 2. The summed E-state index contributed by atoms with van der Waals surface area (Å²) >= 11 is 6.99. The number of aromatic nitrogens is 4. The van der Waals surface area contributed by atoms with Crippen molar-refractivity contribution in [2.24, 2.45) is 0 Å². The van der Waals surface area contributed by atoms with Crippen molar-refractivity contribution in [1.29, 1.82) is 0 Å². The highest BCUT2D eigenvalue weighted by Crippen LogP contribution is 2.44. The Balaban J connectivity index is 1.59. The molecule has 9 nitrogen and oxygen atoms in total. The van der Waals surface area contributed by atoms with Crippen LogP contribution in [0.4, 0.5) is 0 Å². The molecule has 0 atom stereocenters. The van der Waals surface area contributed by atoms with E-state index in [1.165, 1.54) is 6.08 Å². The van der Waals surface area contributed by atoms with Crippen molar-refractivity contribution in [3.05, 3.63) is 71.0 Å². The van der Waals surface area contributed by atoms with Gasteiger partial charge in [0.15, 0.2) is 0 Å². The molecule has 10 heteroatoms. The standard InChI is InChI=1S/C30H33ClN6O3/c1-5-25(38)36-13-10-22(11-14-36)37-19(3)26(27-23-17-33-34-24(23)16-18(2)28(27)31)29(35-37)20-6-8-21(9-7-20)30(39)32-12-15-40-4/h5-9,16-17,22H,1,10-15H2,2-4H3,(H,32,39)(H,33,34). The molecule has 2 aromatic heterocycles. The van der Waals surface area contributed by atoms with Crippen LogP contribution >= 0.6 is 11.6 Å². The van der Waals surface area contributed by atoms with E-state index in [1.54, 1.807) is 25.4 Å². The Bertz CT molecular complexity index is 1560. The van der Waals surface area contributed by atoms with Gasteiger partial charge in [0.25, 0.3) is 5.91 Å². The lowest BCUT2D eigenvalue weighted by atomic mass is 9.94. The minimum atomic E-state index is -0.159. The molecule has 4 aromatic rings. The van der Waals surface area contributed by atoms with Crippen LogP contribution < -0.4 is 5.32 Å². The number of halogens is 1. The summed E-state index contributed by atoms with van der Waals surface area (Å²) in [5.74, 6) is -0.203. The normalized spacial score (nSPS) is 14.1. The zero-order chi connectivity index (χ0) is 28.4. The summed E-state index contributed by atoms with van der Waals surface area (Å²) < 4.78 is 7.10. The highest BCUT2D eigenvalue weighted by atomic mass is 35.5. The minimum absolute atomic E-state index is 0.0442. The van der Waals surface area contributed by atoms with Gasteiger partial charge in [0.2, 0.25) is 5.91 Å². The molecule has 5 rings (SSSR count). The summed E-state index contributed by atoms with van der Waals surface area (Å²) in [5, 5.41) is 16.9. The van der Waals surface area contributed by atoms with Gasteiger partial charge >= 0.3 is 0 Å². The number of nitrogens with zero attached hydrogens (tertiary/aromatic N) is 4. The van der Waals surface area contributed by atoms with Crippen molar-refractivity contribution in [2.75, 3.05) is 33.4 Å². The van der Waals surface area contributed by atoms with E-state index in [-0.39, 0.29) is 17.9 Å². The summed E-state index contributed by atoms with van der Waals surface area (Å²) in [4.78, 5) is 26.5. The Labute approximate surface area is 238 Å².